The summed E-state index contributed by atoms with van der Waals surface area (Å²) < 4.78 is 17.2. The Hall–Kier alpha value is -4.39. The number of rotatable bonds is 5. The van der Waals surface area contributed by atoms with Crippen molar-refractivity contribution >= 4 is 29.1 Å². The molecule has 3 atom stereocenters. The number of methoxy groups -OCH3 is 3. The van der Waals surface area contributed by atoms with Crippen molar-refractivity contribution in [2.45, 2.75) is 38.8 Å². The minimum atomic E-state index is -1.62. The fourth-order valence-electron chi connectivity index (χ4n) is 7.07. The third-order valence-electron chi connectivity index (χ3n) is 8.79. The van der Waals surface area contributed by atoms with Gasteiger partial charge < -0.3 is 19.1 Å². The van der Waals surface area contributed by atoms with Gasteiger partial charge in [0.2, 0.25) is 5.75 Å². The highest BCUT2D eigenvalue weighted by Gasteiger charge is 2.72. The molecule has 0 radical (unpaired) electrons. The summed E-state index contributed by atoms with van der Waals surface area (Å²) in [5, 5.41) is 0. The molecule has 1 saturated heterocycles. The van der Waals surface area contributed by atoms with E-state index in [-0.39, 0.29) is 17.3 Å². The van der Waals surface area contributed by atoms with Crippen molar-refractivity contribution in [1.29, 1.82) is 0 Å². The lowest BCUT2D eigenvalue weighted by molar-refractivity contribution is -0.127. The third kappa shape index (κ3) is 3.47. The van der Waals surface area contributed by atoms with E-state index in [0.717, 1.165) is 11.3 Å². The van der Waals surface area contributed by atoms with Crippen LogP contribution in [0.3, 0.4) is 0 Å². The summed E-state index contributed by atoms with van der Waals surface area (Å²) in [6.45, 7) is 5.62. The van der Waals surface area contributed by atoms with Crippen LogP contribution in [0.25, 0.3) is 6.08 Å². The Labute approximate surface area is 239 Å². The van der Waals surface area contributed by atoms with Crippen molar-refractivity contribution in [3.8, 4) is 17.2 Å². The first-order valence-electron chi connectivity index (χ1n) is 13.7. The molecule has 3 aromatic rings. The number of para-hydroxylation sites is 1. The molecule has 0 aromatic heterocycles. The van der Waals surface area contributed by atoms with Crippen LogP contribution in [0, 0.1) is 10.8 Å². The van der Waals surface area contributed by atoms with E-state index in [1.165, 1.54) is 21.3 Å². The van der Waals surface area contributed by atoms with Crippen molar-refractivity contribution in [1.82, 2.24) is 0 Å². The van der Waals surface area contributed by atoms with E-state index in [0.29, 0.717) is 33.9 Å². The molecule has 0 N–H and O–H groups in total. The summed E-state index contributed by atoms with van der Waals surface area (Å²) in [6, 6.07) is 16.7. The van der Waals surface area contributed by atoms with Crippen molar-refractivity contribution in [2.75, 3.05) is 26.2 Å². The molecule has 2 heterocycles. The standard InChI is InChI=1S/C34H33NO6/c1-33(2,3)32(38)27-26(22-16-17-24(39-4)29(41-6)28(22)40-5)34(30(36)20-12-8-9-13-21(20)31(34)37)25-18-15-19-11-7-10-14-23(19)35(25)27/h7-18,25-27H,1-6H3/t25-,26-,27+/m1/s1. The van der Waals surface area contributed by atoms with E-state index >= 15 is 0 Å². The number of ether oxygens (including phenoxy) is 3. The van der Waals surface area contributed by atoms with Gasteiger partial charge in [0.05, 0.1) is 33.4 Å². The molecular weight excluding hydrogens is 518 g/mol. The summed E-state index contributed by atoms with van der Waals surface area (Å²) in [6.07, 6.45) is 3.87. The summed E-state index contributed by atoms with van der Waals surface area (Å²) in [5.74, 6) is -0.446. The Morgan fingerprint density at radius 1 is 0.805 bits per heavy atom. The first kappa shape index (κ1) is 26.8. The maximum atomic E-state index is 14.8. The number of ketones is 3. The van der Waals surface area contributed by atoms with E-state index in [2.05, 4.69) is 0 Å². The number of anilines is 1. The number of carbonyl (C=O) groups excluding carboxylic acids is 3. The van der Waals surface area contributed by atoms with E-state index < -0.39 is 28.8 Å². The molecular formula is C34H33NO6. The molecule has 1 fully saturated rings. The summed E-state index contributed by atoms with van der Waals surface area (Å²) in [5.41, 5.74) is 0.614. The molecule has 3 aliphatic rings. The van der Waals surface area contributed by atoms with E-state index in [4.69, 9.17) is 14.2 Å². The van der Waals surface area contributed by atoms with Gasteiger partial charge in [0, 0.05) is 33.7 Å². The second kappa shape index (κ2) is 9.33. The smallest absolute Gasteiger partial charge is 0.203 e. The van der Waals surface area contributed by atoms with Crippen LogP contribution in [0.4, 0.5) is 5.69 Å². The molecule has 7 nitrogen and oxygen atoms in total. The maximum Gasteiger partial charge on any atom is 0.203 e. The number of Topliss-reactive ketones (excluding diaryl/α,β-unsaturated/α-hetero) is 3. The fourth-order valence-corrected chi connectivity index (χ4v) is 7.07. The van der Waals surface area contributed by atoms with Crippen molar-refractivity contribution in [2.24, 2.45) is 10.8 Å². The number of hydrogen-bond donors (Lipinski definition) is 0. The second-order valence-corrected chi connectivity index (χ2v) is 11.8. The topological polar surface area (TPSA) is 82.1 Å². The molecule has 0 amide bonds. The number of benzene rings is 3. The lowest BCUT2D eigenvalue weighted by atomic mass is 9.63. The molecule has 0 bridgehead atoms. The van der Waals surface area contributed by atoms with Gasteiger partial charge in [0.25, 0.3) is 0 Å². The molecule has 6 rings (SSSR count). The van der Waals surface area contributed by atoms with Gasteiger partial charge in [-0.3, -0.25) is 14.4 Å². The summed E-state index contributed by atoms with van der Waals surface area (Å²) >= 11 is 0. The van der Waals surface area contributed by atoms with E-state index in [9.17, 15) is 14.4 Å². The monoisotopic (exact) mass is 551 g/mol. The molecule has 3 aromatic carbocycles. The van der Waals surface area contributed by atoms with Gasteiger partial charge in [-0.15, -0.1) is 0 Å². The van der Waals surface area contributed by atoms with E-state index in [1.807, 2.05) is 62.1 Å². The number of hydrogen-bond acceptors (Lipinski definition) is 7. The van der Waals surface area contributed by atoms with Crippen molar-refractivity contribution < 1.29 is 28.6 Å². The first-order valence-corrected chi connectivity index (χ1v) is 13.7. The molecule has 1 aliphatic carbocycles. The summed E-state index contributed by atoms with van der Waals surface area (Å²) in [7, 11) is 4.55. The minimum absolute atomic E-state index is 0.0807. The van der Waals surface area contributed by atoms with Gasteiger partial charge in [-0.2, -0.15) is 0 Å². The normalized spacial score (nSPS) is 21.9. The predicted molar refractivity (Wildman–Crippen MR) is 156 cm³/mol. The van der Waals surface area contributed by atoms with Crippen LogP contribution in [-0.2, 0) is 4.79 Å². The third-order valence-corrected chi connectivity index (χ3v) is 8.79. The Morgan fingerprint density at radius 2 is 1.41 bits per heavy atom. The zero-order valence-electron chi connectivity index (χ0n) is 24.1. The Balaban J connectivity index is 1.74. The second-order valence-electron chi connectivity index (χ2n) is 11.8. The lowest BCUT2D eigenvalue weighted by Gasteiger charge is -2.38. The van der Waals surface area contributed by atoms with Crippen LogP contribution in [0.5, 0.6) is 17.2 Å². The molecule has 1 spiro atoms. The summed E-state index contributed by atoms with van der Waals surface area (Å²) in [4.78, 5) is 46.2. The minimum Gasteiger partial charge on any atom is -0.493 e. The highest BCUT2D eigenvalue weighted by atomic mass is 16.5. The SMILES string of the molecule is COc1ccc([C@@H]2[C@@H](C(=O)C(C)(C)C)N3c4ccccc4C=C[C@@H]3C23C(=O)c2ccccc2C3=O)c(OC)c1OC. The molecule has 210 valence electrons. The average molecular weight is 552 g/mol. The van der Waals surface area contributed by atoms with Crippen molar-refractivity contribution in [3.63, 3.8) is 0 Å². The Bertz CT molecular complexity index is 1600. The largest absolute Gasteiger partial charge is 0.493 e. The van der Waals surface area contributed by atoms with Gasteiger partial charge >= 0.3 is 0 Å². The zero-order valence-corrected chi connectivity index (χ0v) is 24.1. The quantitative estimate of drug-likeness (QED) is 0.373. The molecule has 2 aliphatic heterocycles. The van der Waals surface area contributed by atoms with Gasteiger partial charge in [0.1, 0.15) is 5.41 Å². The molecule has 0 saturated carbocycles. The van der Waals surface area contributed by atoms with Crippen LogP contribution in [0.1, 0.15) is 58.5 Å². The van der Waals surface area contributed by atoms with Gasteiger partial charge in [-0.1, -0.05) is 81.5 Å². The van der Waals surface area contributed by atoms with Crippen LogP contribution < -0.4 is 19.1 Å². The van der Waals surface area contributed by atoms with E-state index in [1.54, 1.807) is 36.4 Å². The van der Waals surface area contributed by atoms with Crippen molar-refractivity contribution in [3.05, 3.63) is 89.0 Å². The zero-order chi connectivity index (χ0) is 29.3. The maximum absolute atomic E-state index is 14.8. The fraction of sp³-hybridized carbons (Fsp3) is 0.324. The molecule has 7 heteroatoms. The van der Waals surface area contributed by atoms with Crippen LogP contribution in [0.15, 0.2) is 66.7 Å². The number of carbonyl (C=O) groups is 3. The number of fused-ring (bicyclic) bond motifs is 5. The number of nitrogens with zero attached hydrogens (tertiary/aromatic N) is 1. The Morgan fingerprint density at radius 3 is 2.00 bits per heavy atom. The molecule has 0 unspecified atom stereocenters. The predicted octanol–water partition coefficient (Wildman–Crippen LogP) is 5.76. The lowest BCUT2D eigenvalue weighted by Crippen LogP contribution is -2.49. The highest BCUT2D eigenvalue weighted by molar-refractivity contribution is 6.32. The molecule has 41 heavy (non-hydrogen) atoms. The Kier molecular flexibility index (Phi) is 6.10. The average Bonchev–Trinajstić information content (AvgIpc) is 3.41. The van der Waals surface area contributed by atoms with Crippen LogP contribution >= 0.6 is 0 Å². The highest BCUT2D eigenvalue weighted by Crippen LogP contribution is 2.63. The van der Waals surface area contributed by atoms with Gasteiger partial charge in [0.15, 0.2) is 28.8 Å². The van der Waals surface area contributed by atoms with Crippen LogP contribution in [0.2, 0.25) is 0 Å². The van der Waals surface area contributed by atoms with Crippen LogP contribution in [-0.4, -0.2) is 50.8 Å². The first-order chi connectivity index (χ1) is 19.6. The van der Waals surface area contributed by atoms with Gasteiger partial charge in [-0.05, 0) is 17.7 Å². The van der Waals surface area contributed by atoms with Gasteiger partial charge in [-0.25, -0.2) is 0 Å².